The number of fused-ring (bicyclic) bond motifs is 1. The van der Waals surface area contributed by atoms with Crippen molar-refractivity contribution in [3.8, 4) is 6.07 Å². The maximum Gasteiger partial charge on any atom is 0.101 e. The molecule has 0 amide bonds. The van der Waals surface area contributed by atoms with Crippen LogP contribution in [0.4, 0.5) is 5.69 Å². The number of aromatic nitrogens is 1. The van der Waals surface area contributed by atoms with Crippen LogP contribution in [-0.2, 0) is 0 Å². The molecule has 2 aromatic rings. The van der Waals surface area contributed by atoms with E-state index in [9.17, 15) is 5.26 Å². The molecule has 0 bridgehead atoms. The molecule has 1 saturated heterocycles. The zero-order chi connectivity index (χ0) is 14.8. The van der Waals surface area contributed by atoms with Gasteiger partial charge in [0, 0.05) is 36.4 Å². The third-order valence-electron chi connectivity index (χ3n) is 4.28. The molecule has 4 nitrogen and oxygen atoms in total. The standard InChI is InChI=1S/C17H20N4/c1-12-8-14(19-2)11-21(10-12)16-6-5-13(9-18)17-15(16)4-3-7-20-17/h3-7,12,14,19H,8,10-11H2,1-2H3/t12-,14+/m0/s1. The fraction of sp³-hybridized carbons (Fsp3) is 0.412. The van der Waals surface area contributed by atoms with Gasteiger partial charge in [0.15, 0.2) is 0 Å². The number of rotatable bonds is 2. The highest BCUT2D eigenvalue weighted by molar-refractivity contribution is 5.95. The molecule has 1 fully saturated rings. The molecule has 0 saturated carbocycles. The zero-order valence-corrected chi connectivity index (χ0v) is 12.5. The molecule has 4 heteroatoms. The van der Waals surface area contributed by atoms with Crippen LogP contribution in [0, 0.1) is 17.2 Å². The van der Waals surface area contributed by atoms with E-state index in [0.717, 1.165) is 24.0 Å². The molecule has 1 aliphatic rings. The number of pyridine rings is 1. The fourth-order valence-corrected chi connectivity index (χ4v) is 3.28. The van der Waals surface area contributed by atoms with Gasteiger partial charge in [-0.25, -0.2) is 0 Å². The zero-order valence-electron chi connectivity index (χ0n) is 12.5. The lowest BCUT2D eigenvalue weighted by molar-refractivity contribution is 0.367. The Morgan fingerprint density at radius 1 is 1.33 bits per heavy atom. The number of nitrogens with zero attached hydrogens (tertiary/aromatic N) is 3. The first-order valence-corrected chi connectivity index (χ1v) is 7.43. The van der Waals surface area contributed by atoms with E-state index in [2.05, 4.69) is 40.3 Å². The molecule has 1 aromatic carbocycles. The van der Waals surface area contributed by atoms with Crippen molar-refractivity contribution in [3.05, 3.63) is 36.0 Å². The van der Waals surface area contributed by atoms with Gasteiger partial charge in [0.2, 0.25) is 0 Å². The second-order valence-electron chi connectivity index (χ2n) is 5.88. The van der Waals surface area contributed by atoms with Crippen molar-refractivity contribution < 1.29 is 0 Å². The van der Waals surface area contributed by atoms with Crippen LogP contribution < -0.4 is 10.2 Å². The van der Waals surface area contributed by atoms with Crippen LogP contribution in [0.1, 0.15) is 18.9 Å². The van der Waals surface area contributed by atoms with Gasteiger partial charge in [-0.15, -0.1) is 0 Å². The second kappa shape index (κ2) is 5.71. The van der Waals surface area contributed by atoms with Gasteiger partial charge in [0.25, 0.3) is 0 Å². The number of hydrogen-bond acceptors (Lipinski definition) is 4. The van der Waals surface area contributed by atoms with Crippen molar-refractivity contribution in [3.63, 3.8) is 0 Å². The maximum atomic E-state index is 9.25. The molecule has 0 aliphatic carbocycles. The van der Waals surface area contributed by atoms with Crippen molar-refractivity contribution >= 4 is 16.6 Å². The van der Waals surface area contributed by atoms with Gasteiger partial charge in [0.05, 0.1) is 11.1 Å². The molecule has 2 atom stereocenters. The van der Waals surface area contributed by atoms with E-state index in [4.69, 9.17) is 0 Å². The van der Waals surface area contributed by atoms with Crippen molar-refractivity contribution in [1.82, 2.24) is 10.3 Å². The summed E-state index contributed by atoms with van der Waals surface area (Å²) in [5.41, 5.74) is 2.63. The normalized spacial score (nSPS) is 22.2. The average molecular weight is 280 g/mol. The summed E-state index contributed by atoms with van der Waals surface area (Å²) in [5.74, 6) is 0.651. The van der Waals surface area contributed by atoms with Crippen molar-refractivity contribution in [1.29, 1.82) is 5.26 Å². The van der Waals surface area contributed by atoms with E-state index in [1.165, 1.54) is 12.1 Å². The Balaban J connectivity index is 2.07. The molecular weight excluding hydrogens is 260 g/mol. The van der Waals surface area contributed by atoms with Crippen molar-refractivity contribution in [2.45, 2.75) is 19.4 Å². The molecule has 1 aliphatic heterocycles. The van der Waals surface area contributed by atoms with Gasteiger partial charge in [-0.3, -0.25) is 4.98 Å². The summed E-state index contributed by atoms with van der Waals surface area (Å²) in [6.45, 7) is 4.34. The molecule has 0 spiro atoms. The maximum absolute atomic E-state index is 9.25. The lowest BCUT2D eigenvalue weighted by atomic mass is 9.95. The smallest absolute Gasteiger partial charge is 0.101 e. The highest BCUT2D eigenvalue weighted by Gasteiger charge is 2.25. The molecule has 0 radical (unpaired) electrons. The number of likely N-dealkylation sites (N-methyl/N-ethyl adjacent to an activating group) is 1. The summed E-state index contributed by atoms with van der Waals surface area (Å²) in [7, 11) is 2.03. The van der Waals surface area contributed by atoms with Gasteiger partial charge in [-0.2, -0.15) is 5.26 Å². The minimum atomic E-state index is 0.510. The first kappa shape index (κ1) is 13.8. The van der Waals surface area contributed by atoms with E-state index < -0.39 is 0 Å². The van der Waals surface area contributed by atoms with Gasteiger partial charge in [0.1, 0.15) is 6.07 Å². The minimum absolute atomic E-state index is 0.510. The molecule has 3 rings (SSSR count). The Hall–Kier alpha value is -2.12. The minimum Gasteiger partial charge on any atom is -0.369 e. The highest BCUT2D eigenvalue weighted by atomic mass is 15.2. The Morgan fingerprint density at radius 2 is 2.19 bits per heavy atom. The fourth-order valence-electron chi connectivity index (χ4n) is 3.28. The van der Waals surface area contributed by atoms with Gasteiger partial charge >= 0.3 is 0 Å². The van der Waals surface area contributed by atoms with E-state index >= 15 is 0 Å². The van der Waals surface area contributed by atoms with E-state index in [1.807, 2.05) is 19.2 Å². The largest absolute Gasteiger partial charge is 0.369 e. The van der Waals surface area contributed by atoms with Crippen LogP contribution >= 0.6 is 0 Å². The molecule has 108 valence electrons. The van der Waals surface area contributed by atoms with Crippen LogP contribution in [0.5, 0.6) is 0 Å². The van der Waals surface area contributed by atoms with Crippen LogP contribution in [0.15, 0.2) is 30.5 Å². The third kappa shape index (κ3) is 2.57. The number of anilines is 1. The summed E-state index contributed by atoms with van der Waals surface area (Å²) in [4.78, 5) is 6.82. The number of benzene rings is 1. The topological polar surface area (TPSA) is 52.0 Å². The summed E-state index contributed by atoms with van der Waals surface area (Å²) in [6, 6.07) is 10.7. The first-order chi connectivity index (χ1) is 10.2. The van der Waals surface area contributed by atoms with Crippen molar-refractivity contribution in [2.24, 2.45) is 5.92 Å². The van der Waals surface area contributed by atoms with Gasteiger partial charge in [-0.05, 0) is 43.7 Å². The number of nitriles is 1. The van der Waals surface area contributed by atoms with Crippen molar-refractivity contribution in [2.75, 3.05) is 25.0 Å². The molecule has 0 unspecified atom stereocenters. The van der Waals surface area contributed by atoms with Crippen LogP contribution in [0.2, 0.25) is 0 Å². The van der Waals surface area contributed by atoms with E-state index in [0.29, 0.717) is 17.5 Å². The lowest BCUT2D eigenvalue weighted by Gasteiger charge is -2.38. The first-order valence-electron chi connectivity index (χ1n) is 7.43. The molecule has 1 N–H and O–H groups in total. The van der Waals surface area contributed by atoms with Gasteiger partial charge < -0.3 is 10.2 Å². The number of hydrogen-bond donors (Lipinski definition) is 1. The number of nitrogens with one attached hydrogen (secondary N) is 1. The monoisotopic (exact) mass is 280 g/mol. The summed E-state index contributed by atoms with van der Waals surface area (Å²) >= 11 is 0. The predicted octanol–water partition coefficient (Wildman–Crippen LogP) is 2.54. The molecule has 1 aromatic heterocycles. The molecule has 2 heterocycles. The Bertz CT molecular complexity index is 689. The van der Waals surface area contributed by atoms with E-state index in [1.54, 1.807) is 6.20 Å². The highest BCUT2D eigenvalue weighted by Crippen LogP contribution is 2.31. The Morgan fingerprint density at radius 3 is 2.95 bits per heavy atom. The average Bonchev–Trinajstić information content (AvgIpc) is 2.53. The summed E-state index contributed by atoms with van der Waals surface area (Å²) in [6.07, 6.45) is 2.96. The summed E-state index contributed by atoms with van der Waals surface area (Å²) < 4.78 is 0. The summed E-state index contributed by atoms with van der Waals surface area (Å²) in [5, 5.41) is 13.7. The van der Waals surface area contributed by atoms with Crippen LogP contribution in [0.25, 0.3) is 10.9 Å². The Labute approximate surface area is 125 Å². The molecule has 21 heavy (non-hydrogen) atoms. The van der Waals surface area contributed by atoms with Crippen LogP contribution in [0.3, 0.4) is 0 Å². The number of piperidine rings is 1. The molecular formula is C17H20N4. The third-order valence-corrected chi connectivity index (χ3v) is 4.28. The van der Waals surface area contributed by atoms with Crippen LogP contribution in [-0.4, -0.2) is 31.2 Å². The predicted molar refractivity (Wildman–Crippen MR) is 85.3 cm³/mol. The quantitative estimate of drug-likeness (QED) is 0.918. The second-order valence-corrected chi connectivity index (χ2v) is 5.88. The lowest BCUT2D eigenvalue weighted by Crippen LogP contribution is -2.47. The Kier molecular flexibility index (Phi) is 3.76. The van der Waals surface area contributed by atoms with Gasteiger partial charge in [-0.1, -0.05) is 6.92 Å². The van der Waals surface area contributed by atoms with E-state index in [-0.39, 0.29) is 0 Å². The SMILES string of the molecule is CN[C@@H]1C[C@H](C)CN(c2ccc(C#N)c3ncccc23)C1.